The first-order chi connectivity index (χ1) is 7.95. The van der Waals surface area contributed by atoms with Crippen LogP contribution < -0.4 is 11.1 Å². The van der Waals surface area contributed by atoms with Gasteiger partial charge < -0.3 is 21.1 Å². The average molecular weight is 243 g/mol. The molecule has 1 aliphatic rings. The number of amides is 2. The van der Waals surface area contributed by atoms with Gasteiger partial charge in [-0.25, -0.2) is 4.79 Å². The number of hydrogen-bond acceptors (Lipinski definition) is 3. The van der Waals surface area contributed by atoms with E-state index < -0.39 is 11.9 Å². The molecule has 0 aliphatic carbocycles. The molecule has 1 heterocycles. The average Bonchev–Trinajstić information content (AvgIpc) is 2.76. The molecule has 4 N–H and O–H groups in total. The van der Waals surface area contributed by atoms with Crippen molar-refractivity contribution in [3.05, 3.63) is 0 Å². The van der Waals surface area contributed by atoms with E-state index in [2.05, 4.69) is 5.32 Å². The standard InChI is InChI=1S/C11H21N3O3/c1-7(10(15)16)8(2)13-11(17)14-4-3-9(5-12)6-14/h7-9H,3-6,12H2,1-2H3,(H,13,17)(H,15,16). The van der Waals surface area contributed by atoms with Gasteiger partial charge in [0.2, 0.25) is 0 Å². The fraction of sp³-hybridized carbons (Fsp3) is 0.818. The summed E-state index contributed by atoms with van der Waals surface area (Å²) in [5, 5.41) is 11.5. The molecule has 0 saturated carbocycles. The summed E-state index contributed by atoms with van der Waals surface area (Å²) in [5.74, 6) is -1.13. The molecular weight excluding hydrogens is 222 g/mol. The van der Waals surface area contributed by atoms with E-state index in [-0.39, 0.29) is 12.1 Å². The van der Waals surface area contributed by atoms with Crippen LogP contribution in [0.25, 0.3) is 0 Å². The molecule has 2 amide bonds. The molecule has 6 nitrogen and oxygen atoms in total. The fourth-order valence-electron chi connectivity index (χ4n) is 1.83. The second-order valence-electron chi connectivity index (χ2n) is 4.70. The molecule has 3 atom stereocenters. The van der Waals surface area contributed by atoms with E-state index in [0.717, 1.165) is 6.42 Å². The van der Waals surface area contributed by atoms with Crippen LogP contribution in [0.4, 0.5) is 4.79 Å². The van der Waals surface area contributed by atoms with Crippen LogP contribution in [-0.4, -0.2) is 47.7 Å². The third-order valence-corrected chi connectivity index (χ3v) is 3.40. The van der Waals surface area contributed by atoms with Gasteiger partial charge in [-0.3, -0.25) is 4.79 Å². The first kappa shape index (κ1) is 13.8. The van der Waals surface area contributed by atoms with E-state index in [4.69, 9.17) is 10.8 Å². The Labute approximate surface area is 101 Å². The quantitative estimate of drug-likeness (QED) is 0.652. The number of carbonyl (C=O) groups is 2. The molecule has 0 radical (unpaired) electrons. The number of carboxylic acid groups (broad SMARTS) is 1. The second-order valence-corrected chi connectivity index (χ2v) is 4.70. The Morgan fingerprint density at radius 3 is 2.65 bits per heavy atom. The van der Waals surface area contributed by atoms with Crippen molar-refractivity contribution in [3.63, 3.8) is 0 Å². The molecule has 17 heavy (non-hydrogen) atoms. The maximum absolute atomic E-state index is 11.8. The summed E-state index contributed by atoms with van der Waals surface area (Å²) in [6.07, 6.45) is 0.923. The number of likely N-dealkylation sites (tertiary alicyclic amines) is 1. The van der Waals surface area contributed by atoms with Gasteiger partial charge in [0.15, 0.2) is 0 Å². The maximum atomic E-state index is 11.8. The number of nitrogens with zero attached hydrogens (tertiary/aromatic N) is 1. The summed E-state index contributed by atoms with van der Waals surface area (Å²) in [6.45, 7) is 5.23. The van der Waals surface area contributed by atoms with E-state index in [1.807, 2.05) is 0 Å². The zero-order valence-electron chi connectivity index (χ0n) is 10.3. The Bertz CT molecular complexity index is 296. The highest BCUT2D eigenvalue weighted by Crippen LogP contribution is 2.15. The molecule has 1 fully saturated rings. The van der Waals surface area contributed by atoms with Gasteiger partial charge in [0.1, 0.15) is 0 Å². The monoisotopic (exact) mass is 243 g/mol. The lowest BCUT2D eigenvalue weighted by Crippen LogP contribution is -2.46. The molecule has 1 saturated heterocycles. The molecule has 0 aromatic carbocycles. The predicted molar refractivity (Wildman–Crippen MR) is 63.5 cm³/mol. The van der Waals surface area contributed by atoms with Gasteiger partial charge in [-0.1, -0.05) is 0 Å². The van der Waals surface area contributed by atoms with Crippen LogP contribution in [0, 0.1) is 11.8 Å². The molecule has 0 spiro atoms. The predicted octanol–water partition coefficient (Wildman–Crippen LogP) is 0.0858. The van der Waals surface area contributed by atoms with Gasteiger partial charge in [-0.2, -0.15) is 0 Å². The number of carboxylic acids is 1. The summed E-state index contributed by atoms with van der Waals surface area (Å²) >= 11 is 0. The second kappa shape index (κ2) is 5.86. The van der Waals surface area contributed by atoms with Gasteiger partial charge in [0.25, 0.3) is 0 Å². The Kier molecular flexibility index (Phi) is 4.74. The lowest BCUT2D eigenvalue weighted by atomic mass is 10.0. The zero-order chi connectivity index (χ0) is 13.0. The number of aliphatic carboxylic acids is 1. The number of nitrogens with one attached hydrogen (secondary N) is 1. The van der Waals surface area contributed by atoms with Crippen molar-refractivity contribution in [2.24, 2.45) is 17.6 Å². The summed E-state index contributed by atoms with van der Waals surface area (Å²) < 4.78 is 0. The molecule has 0 aromatic heterocycles. The van der Waals surface area contributed by atoms with Crippen molar-refractivity contribution in [2.75, 3.05) is 19.6 Å². The summed E-state index contributed by atoms with van der Waals surface area (Å²) in [7, 11) is 0. The highest BCUT2D eigenvalue weighted by molar-refractivity contribution is 5.76. The Morgan fingerprint density at radius 2 is 2.18 bits per heavy atom. The molecule has 98 valence electrons. The number of urea groups is 1. The Balaban J connectivity index is 2.42. The Hall–Kier alpha value is -1.30. The summed E-state index contributed by atoms with van der Waals surface area (Å²) in [5.41, 5.74) is 5.55. The lowest BCUT2D eigenvalue weighted by molar-refractivity contribution is -0.141. The summed E-state index contributed by atoms with van der Waals surface area (Å²) in [6, 6.07) is -0.571. The Morgan fingerprint density at radius 1 is 1.53 bits per heavy atom. The van der Waals surface area contributed by atoms with Gasteiger partial charge in [0.05, 0.1) is 5.92 Å². The van der Waals surface area contributed by atoms with Gasteiger partial charge in [-0.05, 0) is 32.7 Å². The molecular formula is C11H21N3O3. The van der Waals surface area contributed by atoms with Crippen molar-refractivity contribution in [3.8, 4) is 0 Å². The largest absolute Gasteiger partial charge is 0.481 e. The van der Waals surface area contributed by atoms with Crippen molar-refractivity contribution in [2.45, 2.75) is 26.3 Å². The molecule has 3 unspecified atom stereocenters. The molecule has 0 aromatic rings. The van der Waals surface area contributed by atoms with Gasteiger partial charge in [0, 0.05) is 19.1 Å². The van der Waals surface area contributed by atoms with Crippen LogP contribution >= 0.6 is 0 Å². The lowest BCUT2D eigenvalue weighted by Gasteiger charge is -2.23. The van der Waals surface area contributed by atoms with Gasteiger partial charge >= 0.3 is 12.0 Å². The minimum atomic E-state index is -0.904. The minimum absolute atomic E-state index is 0.193. The van der Waals surface area contributed by atoms with E-state index in [9.17, 15) is 9.59 Å². The van der Waals surface area contributed by atoms with Gasteiger partial charge in [-0.15, -0.1) is 0 Å². The van der Waals surface area contributed by atoms with Crippen molar-refractivity contribution < 1.29 is 14.7 Å². The third kappa shape index (κ3) is 3.59. The highest BCUT2D eigenvalue weighted by atomic mass is 16.4. The SMILES string of the molecule is CC(NC(=O)N1CCC(CN)C1)C(C)C(=O)O. The smallest absolute Gasteiger partial charge is 0.317 e. The van der Waals surface area contributed by atoms with Crippen LogP contribution in [0.15, 0.2) is 0 Å². The molecule has 1 rings (SSSR count). The number of rotatable bonds is 4. The van der Waals surface area contributed by atoms with Crippen molar-refractivity contribution in [1.29, 1.82) is 0 Å². The van der Waals surface area contributed by atoms with Crippen LogP contribution in [-0.2, 0) is 4.79 Å². The van der Waals surface area contributed by atoms with E-state index in [1.54, 1.807) is 18.7 Å². The molecule has 1 aliphatic heterocycles. The van der Waals surface area contributed by atoms with Crippen LogP contribution in [0.3, 0.4) is 0 Å². The first-order valence-electron chi connectivity index (χ1n) is 5.94. The van der Waals surface area contributed by atoms with Crippen molar-refractivity contribution >= 4 is 12.0 Å². The minimum Gasteiger partial charge on any atom is -0.481 e. The third-order valence-electron chi connectivity index (χ3n) is 3.40. The van der Waals surface area contributed by atoms with Crippen LogP contribution in [0.5, 0.6) is 0 Å². The first-order valence-corrected chi connectivity index (χ1v) is 5.94. The van der Waals surface area contributed by atoms with E-state index >= 15 is 0 Å². The fourth-order valence-corrected chi connectivity index (χ4v) is 1.83. The van der Waals surface area contributed by atoms with Crippen LogP contribution in [0.2, 0.25) is 0 Å². The highest BCUT2D eigenvalue weighted by Gasteiger charge is 2.28. The number of carbonyl (C=O) groups excluding carboxylic acids is 1. The van der Waals surface area contributed by atoms with Crippen LogP contribution in [0.1, 0.15) is 20.3 Å². The van der Waals surface area contributed by atoms with E-state index in [0.29, 0.717) is 25.6 Å². The maximum Gasteiger partial charge on any atom is 0.317 e. The number of nitrogens with two attached hydrogens (primary N) is 1. The molecule has 0 bridgehead atoms. The molecule has 6 heteroatoms. The number of hydrogen-bond donors (Lipinski definition) is 3. The normalized spacial score (nSPS) is 23.2. The topological polar surface area (TPSA) is 95.7 Å². The van der Waals surface area contributed by atoms with E-state index in [1.165, 1.54) is 0 Å². The van der Waals surface area contributed by atoms with Crippen molar-refractivity contribution in [1.82, 2.24) is 10.2 Å². The zero-order valence-corrected chi connectivity index (χ0v) is 10.3. The summed E-state index contributed by atoms with van der Waals surface area (Å²) in [4.78, 5) is 24.3.